The van der Waals surface area contributed by atoms with Gasteiger partial charge in [-0.05, 0) is 96.0 Å². The number of nitrogens with one attached hydrogen (secondary N) is 2. The topological polar surface area (TPSA) is 150 Å². The molecule has 0 radical (unpaired) electrons. The van der Waals surface area contributed by atoms with Crippen molar-refractivity contribution in [2.45, 2.75) is 76.2 Å². The van der Waals surface area contributed by atoms with Crippen molar-refractivity contribution in [2.24, 2.45) is 21.5 Å². The van der Waals surface area contributed by atoms with Crippen LogP contribution in [0.2, 0.25) is 0 Å². The van der Waals surface area contributed by atoms with Crippen LogP contribution in [0.1, 0.15) is 73.7 Å². The number of allylic oxidation sites excluding steroid dienone is 7. The van der Waals surface area contributed by atoms with E-state index in [0.717, 1.165) is 22.8 Å². The number of rotatable bonds is 9. The van der Waals surface area contributed by atoms with Crippen LogP contribution in [0.4, 0.5) is 0 Å². The van der Waals surface area contributed by atoms with Gasteiger partial charge in [0.2, 0.25) is 0 Å². The van der Waals surface area contributed by atoms with Gasteiger partial charge in [0.05, 0.1) is 34.2 Å². The normalized spacial score (nSPS) is 10.4. The van der Waals surface area contributed by atoms with Gasteiger partial charge in [0, 0.05) is 29.0 Å². The van der Waals surface area contributed by atoms with E-state index in [0.29, 0.717) is 34.2 Å². The van der Waals surface area contributed by atoms with Gasteiger partial charge in [0.15, 0.2) is 0 Å². The van der Waals surface area contributed by atoms with Gasteiger partial charge in [-0.2, -0.15) is 0 Å². The van der Waals surface area contributed by atoms with Gasteiger partial charge in [-0.3, -0.25) is 25.4 Å². The Kier molecular flexibility index (Phi) is 40.4. The molecule has 0 atom stereocenters. The molecule has 0 amide bonds. The molecule has 0 aliphatic rings. The van der Waals surface area contributed by atoms with Crippen LogP contribution >= 0.6 is 0 Å². The molecular weight excluding hydrogens is 580 g/mol. The number of nitrogens with two attached hydrogens (primary N) is 2. The first-order chi connectivity index (χ1) is 22.4. The van der Waals surface area contributed by atoms with Crippen molar-refractivity contribution in [2.75, 3.05) is 0 Å². The highest BCUT2D eigenvalue weighted by Crippen LogP contribution is 2.14. The Balaban J connectivity index is -0.000000169. The Hall–Kier alpha value is -5.24. The van der Waals surface area contributed by atoms with Crippen LogP contribution in [-0.2, 0) is 0 Å². The predicted octanol–water partition coefficient (Wildman–Crippen LogP) is 10.3. The first-order valence-corrected chi connectivity index (χ1v) is 15.5. The third kappa shape index (κ3) is 30.6. The summed E-state index contributed by atoms with van der Waals surface area (Å²) < 4.78 is 0. The molecule has 2 aromatic heterocycles. The van der Waals surface area contributed by atoms with E-state index in [1.807, 2.05) is 91.8 Å². The molecule has 2 aromatic rings. The largest absolute Gasteiger partial charge is 0.402 e. The average Bonchev–Trinajstić information content (AvgIpc) is 3.09. The molecule has 8 nitrogen and oxygen atoms in total. The fourth-order valence-electron chi connectivity index (χ4n) is 2.57. The summed E-state index contributed by atoms with van der Waals surface area (Å²) in [5.74, 6) is 0. The quantitative estimate of drug-likeness (QED) is 0.122. The van der Waals surface area contributed by atoms with Crippen LogP contribution in [0.3, 0.4) is 0 Å². The predicted molar refractivity (Wildman–Crippen MR) is 214 cm³/mol. The maximum Gasteiger partial charge on any atom is 0.0889 e. The lowest BCUT2D eigenvalue weighted by molar-refractivity contribution is 1.15. The Morgan fingerprint density at radius 1 is 0.745 bits per heavy atom. The zero-order valence-corrected chi connectivity index (χ0v) is 31.0. The van der Waals surface area contributed by atoms with Gasteiger partial charge in [0.25, 0.3) is 0 Å². The van der Waals surface area contributed by atoms with Crippen LogP contribution in [0.25, 0.3) is 11.4 Å². The lowest BCUT2D eigenvalue weighted by Crippen LogP contribution is -2.04. The molecule has 47 heavy (non-hydrogen) atoms. The molecule has 8 heteroatoms. The van der Waals surface area contributed by atoms with Gasteiger partial charge in [-0.25, -0.2) is 0 Å². The SMILES string of the molecule is C=C.C=C/C=C(N=C)/C(N)=C/C=C(/C)N.C=CN=C(C)C(=N)/C=C\C(C)=N.CC.CC.CC.Cc1cccc(-c2cccc(C)n2)n1. The number of pyridine rings is 2. The summed E-state index contributed by atoms with van der Waals surface area (Å²) in [7, 11) is 0. The fourth-order valence-corrected chi connectivity index (χ4v) is 2.57. The summed E-state index contributed by atoms with van der Waals surface area (Å²) in [6.45, 7) is 37.5. The van der Waals surface area contributed by atoms with E-state index in [4.69, 9.17) is 22.3 Å². The highest BCUT2D eigenvalue weighted by atomic mass is 14.8. The number of aryl methyl sites for hydroxylation is 2. The second kappa shape index (κ2) is 36.9. The summed E-state index contributed by atoms with van der Waals surface area (Å²) in [5.41, 5.74) is 18.1. The maximum atomic E-state index is 7.43. The summed E-state index contributed by atoms with van der Waals surface area (Å²) in [4.78, 5) is 16.4. The maximum absolute atomic E-state index is 7.43. The molecule has 2 heterocycles. The molecule has 0 bridgehead atoms. The molecule has 0 saturated carbocycles. The zero-order valence-electron chi connectivity index (χ0n) is 31.0. The van der Waals surface area contributed by atoms with Crippen LogP contribution in [0.5, 0.6) is 0 Å². The van der Waals surface area contributed by atoms with E-state index in [2.05, 4.69) is 53.0 Å². The molecule has 0 spiro atoms. The van der Waals surface area contributed by atoms with Gasteiger partial charge in [-0.15, -0.1) is 13.2 Å². The zero-order chi connectivity index (χ0) is 37.8. The standard InChI is InChI=1S/C12H12N2.C10H15N3.C9H13N3.3C2H6.C2H4/c1-9-5-3-7-11(13-9)12-8-4-6-10(2)14-12;1-4-5-10(13-3)9(12)7-6-8(2)11;1-4-12-8(3)9(11)6-5-7(2)10;4*1-2/h3-8H,1-2H3;4-7H,1,3,11-12H2,2H3;4-6,10-11H,1H2,2-3H3;3*1-2H3;1-2H2/b;8-6-,9-7-,10-5-;6-5-,10-7?,11-9?,12-8?;;;;. The van der Waals surface area contributed by atoms with Gasteiger partial charge >= 0.3 is 0 Å². The third-order valence-electron chi connectivity index (χ3n) is 4.48. The number of nitrogens with zero attached hydrogens (tertiary/aromatic N) is 4. The monoisotopic (exact) mass is 643 g/mol. The molecule has 0 fully saturated rings. The third-order valence-corrected chi connectivity index (χ3v) is 4.48. The number of hydrogen-bond donors (Lipinski definition) is 4. The lowest BCUT2D eigenvalue weighted by Gasteiger charge is -2.01. The molecule has 0 aliphatic heterocycles. The summed E-state index contributed by atoms with van der Waals surface area (Å²) in [5, 5.41) is 14.5. The minimum Gasteiger partial charge on any atom is -0.402 e. The second-order valence-electron chi connectivity index (χ2n) is 8.13. The van der Waals surface area contributed by atoms with Gasteiger partial charge in [0.1, 0.15) is 0 Å². The minimum atomic E-state index is 0.307. The summed E-state index contributed by atoms with van der Waals surface area (Å²) >= 11 is 0. The fraction of sp³-hybridized carbons (Fsp3) is 0.282. The van der Waals surface area contributed by atoms with Crippen molar-refractivity contribution in [3.05, 3.63) is 134 Å². The number of aliphatic imine (C=N–C) groups is 2. The van der Waals surface area contributed by atoms with E-state index >= 15 is 0 Å². The van der Waals surface area contributed by atoms with E-state index in [1.54, 1.807) is 57.2 Å². The van der Waals surface area contributed by atoms with Crippen LogP contribution in [0.15, 0.2) is 132 Å². The molecule has 0 unspecified atom stereocenters. The molecule has 2 rings (SSSR count). The Labute approximate surface area is 287 Å². The van der Waals surface area contributed by atoms with Crippen molar-refractivity contribution < 1.29 is 0 Å². The van der Waals surface area contributed by atoms with Crippen LogP contribution in [0, 0.1) is 24.7 Å². The smallest absolute Gasteiger partial charge is 0.0889 e. The van der Waals surface area contributed by atoms with Crippen LogP contribution in [-0.4, -0.2) is 33.8 Å². The highest BCUT2D eigenvalue weighted by Gasteiger charge is 2.00. The molecule has 0 aliphatic carbocycles. The Bertz CT molecular complexity index is 1280. The summed E-state index contributed by atoms with van der Waals surface area (Å²) in [6.07, 6.45) is 11.2. The highest BCUT2D eigenvalue weighted by molar-refractivity contribution is 6.45. The molecule has 0 saturated heterocycles. The van der Waals surface area contributed by atoms with Crippen molar-refractivity contribution in [3.8, 4) is 11.4 Å². The van der Waals surface area contributed by atoms with Crippen LogP contribution < -0.4 is 11.5 Å². The van der Waals surface area contributed by atoms with E-state index < -0.39 is 0 Å². The molecule has 0 aromatic carbocycles. The van der Waals surface area contributed by atoms with E-state index in [9.17, 15) is 0 Å². The average molecular weight is 643 g/mol. The van der Waals surface area contributed by atoms with E-state index in [-0.39, 0.29) is 0 Å². The van der Waals surface area contributed by atoms with E-state index in [1.165, 1.54) is 6.20 Å². The minimum absolute atomic E-state index is 0.307. The number of aromatic nitrogens is 2. The van der Waals surface area contributed by atoms with Crippen molar-refractivity contribution in [1.29, 1.82) is 10.8 Å². The Morgan fingerprint density at radius 2 is 1.19 bits per heavy atom. The number of hydrogen-bond acceptors (Lipinski definition) is 8. The van der Waals surface area contributed by atoms with Crippen molar-refractivity contribution >= 4 is 23.9 Å². The van der Waals surface area contributed by atoms with Crippen molar-refractivity contribution in [1.82, 2.24) is 9.97 Å². The lowest BCUT2D eigenvalue weighted by atomic mass is 10.2. The van der Waals surface area contributed by atoms with Crippen molar-refractivity contribution in [3.63, 3.8) is 0 Å². The molecule has 258 valence electrons. The summed E-state index contributed by atoms with van der Waals surface area (Å²) in [6, 6.07) is 11.9. The van der Waals surface area contributed by atoms with Gasteiger partial charge in [-0.1, -0.05) is 72.9 Å². The first-order valence-electron chi connectivity index (χ1n) is 15.5. The second-order valence-corrected chi connectivity index (χ2v) is 8.13. The first kappa shape index (κ1) is 51.3. The van der Waals surface area contributed by atoms with Gasteiger partial charge < -0.3 is 16.9 Å². The Morgan fingerprint density at radius 3 is 1.51 bits per heavy atom. The molecular formula is C39H62N8. The molecule has 6 N–H and O–H groups in total.